The van der Waals surface area contributed by atoms with Gasteiger partial charge < -0.3 is 0 Å². The van der Waals surface area contributed by atoms with Crippen molar-refractivity contribution in [2.24, 2.45) is 11.3 Å². The topological polar surface area (TPSA) is 17.1 Å². The molecule has 1 aromatic rings. The van der Waals surface area contributed by atoms with E-state index in [0.29, 0.717) is 16.7 Å². The highest BCUT2D eigenvalue weighted by molar-refractivity contribution is 5.98. The number of Topliss-reactive ketones (excluding diaryl/α,β-unsaturated/α-hetero) is 1. The van der Waals surface area contributed by atoms with Gasteiger partial charge in [0.2, 0.25) is 0 Å². The molecule has 104 valence electrons. The second kappa shape index (κ2) is 5.07. The Morgan fingerprint density at radius 2 is 1.79 bits per heavy atom. The predicted octanol–water partition coefficient (Wildman–Crippen LogP) is 4.84. The summed E-state index contributed by atoms with van der Waals surface area (Å²) in [5.74, 6) is 0.0702. The first kappa shape index (κ1) is 14.2. The molecule has 0 saturated heterocycles. The van der Waals surface area contributed by atoms with E-state index in [2.05, 4.69) is 13.8 Å². The minimum atomic E-state index is -0.195. The highest BCUT2D eigenvalue weighted by atomic mass is 19.1. The molecule has 1 aliphatic carbocycles. The molecule has 19 heavy (non-hydrogen) atoms. The van der Waals surface area contributed by atoms with Gasteiger partial charge in [-0.3, -0.25) is 4.79 Å². The van der Waals surface area contributed by atoms with Gasteiger partial charge in [0.25, 0.3) is 0 Å². The zero-order valence-corrected chi connectivity index (χ0v) is 12.3. The van der Waals surface area contributed by atoms with Gasteiger partial charge >= 0.3 is 0 Å². The van der Waals surface area contributed by atoms with Crippen LogP contribution in [0.25, 0.3) is 0 Å². The zero-order chi connectivity index (χ0) is 14.2. The molecule has 1 fully saturated rings. The SMILES string of the molecule is Cc1cc(C(=O)C2CCCCC2(C)C)cc(C)c1F. The fourth-order valence-electron chi connectivity index (χ4n) is 3.27. The molecule has 1 saturated carbocycles. The number of hydrogen-bond donors (Lipinski definition) is 0. The molecular weight excluding hydrogens is 239 g/mol. The molecule has 0 heterocycles. The lowest BCUT2D eigenvalue weighted by molar-refractivity contribution is 0.0697. The Kier molecular flexibility index (Phi) is 3.80. The summed E-state index contributed by atoms with van der Waals surface area (Å²) < 4.78 is 13.7. The van der Waals surface area contributed by atoms with Gasteiger partial charge in [-0.05, 0) is 55.4 Å². The third kappa shape index (κ3) is 2.72. The third-order valence-electron chi connectivity index (χ3n) is 4.54. The normalized spacial score (nSPS) is 22.3. The molecule has 1 nitrogen and oxygen atoms in total. The number of aryl methyl sites for hydroxylation is 2. The first-order valence-electron chi connectivity index (χ1n) is 7.14. The lowest BCUT2D eigenvalue weighted by atomic mass is 9.66. The second-order valence-corrected chi connectivity index (χ2v) is 6.58. The Labute approximate surface area is 115 Å². The number of ketones is 1. The van der Waals surface area contributed by atoms with Crippen LogP contribution in [0.15, 0.2) is 12.1 Å². The standard InChI is InChI=1S/C17H23FO/c1-11-9-13(10-12(2)15(11)18)16(19)14-7-5-6-8-17(14,3)4/h9-10,14H,5-8H2,1-4H3. The summed E-state index contributed by atoms with van der Waals surface area (Å²) in [6.45, 7) is 7.81. The van der Waals surface area contributed by atoms with Crippen molar-refractivity contribution in [3.8, 4) is 0 Å². The highest BCUT2D eigenvalue weighted by Crippen LogP contribution is 2.42. The zero-order valence-electron chi connectivity index (χ0n) is 12.3. The Morgan fingerprint density at radius 1 is 1.21 bits per heavy atom. The van der Waals surface area contributed by atoms with Crippen molar-refractivity contribution in [3.63, 3.8) is 0 Å². The molecule has 1 aliphatic rings. The van der Waals surface area contributed by atoms with Crippen LogP contribution in [0.4, 0.5) is 4.39 Å². The van der Waals surface area contributed by atoms with Crippen LogP contribution in [0.1, 0.15) is 61.0 Å². The fraction of sp³-hybridized carbons (Fsp3) is 0.588. The number of hydrogen-bond acceptors (Lipinski definition) is 1. The summed E-state index contributed by atoms with van der Waals surface area (Å²) in [4.78, 5) is 12.7. The summed E-state index contributed by atoms with van der Waals surface area (Å²) in [6.07, 6.45) is 4.39. The largest absolute Gasteiger partial charge is 0.294 e. The molecule has 2 heteroatoms. The molecule has 0 bridgehead atoms. The van der Waals surface area contributed by atoms with Crippen LogP contribution < -0.4 is 0 Å². The van der Waals surface area contributed by atoms with Crippen LogP contribution in [0.2, 0.25) is 0 Å². The summed E-state index contributed by atoms with van der Waals surface area (Å²) >= 11 is 0. The quantitative estimate of drug-likeness (QED) is 0.697. The van der Waals surface area contributed by atoms with Gasteiger partial charge in [-0.25, -0.2) is 4.39 Å². The van der Waals surface area contributed by atoms with Gasteiger partial charge in [0.15, 0.2) is 5.78 Å². The van der Waals surface area contributed by atoms with Crippen LogP contribution >= 0.6 is 0 Å². The smallest absolute Gasteiger partial charge is 0.166 e. The maximum atomic E-state index is 13.7. The number of carbonyl (C=O) groups is 1. The highest BCUT2D eigenvalue weighted by Gasteiger charge is 2.37. The Balaban J connectivity index is 2.34. The van der Waals surface area contributed by atoms with E-state index in [4.69, 9.17) is 0 Å². The Bertz CT molecular complexity index is 479. The third-order valence-corrected chi connectivity index (χ3v) is 4.54. The average Bonchev–Trinajstić information content (AvgIpc) is 2.34. The average molecular weight is 262 g/mol. The van der Waals surface area contributed by atoms with Crippen LogP contribution in [0.5, 0.6) is 0 Å². The molecule has 1 atom stereocenters. The lowest BCUT2D eigenvalue weighted by Gasteiger charge is -2.37. The van der Waals surface area contributed by atoms with E-state index in [1.54, 1.807) is 26.0 Å². The van der Waals surface area contributed by atoms with Gasteiger partial charge in [-0.1, -0.05) is 26.7 Å². The van der Waals surface area contributed by atoms with Crippen molar-refractivity contribution >= 4 is 5.78 Å². The van der Waals surface area contributed by atoms with Crippen LogP contribution in [-0.4, -0.2) is 5.78 Å². The molecule has 1 aromatic carbocycles. The number of halogens is 1. The van der Waals surface area contributed by atoms with Gasteiger partial charge in [-0.2, -0.15) is 0 Å². The first-order valence-corrected chi connectivity index (χ1v) is 7.14. The maximum absolute atomic E-state index is 13.7. The van der Waals surface area contributed by atoms with E-state index in [-0.39, 0.29) is 22.9 Å². The summed E-state index contributed by atoms with van der Waals surface area (Å²) in [7, 11) is 0. The van der Waals surface area contributed by atoms with E-state index < -0.39 is 0 Å². The van der Waals surface area contributed by atoms with Gasteiger partial charge in [-0.15, -0.1) is 0 Å². The van der Waals surface area contributed by atoms with Crippen molar-refractivity contribution in [1.82, 2.24) is 0 Å². The van der Waals surface area contributed by atoms with Gasteiger partial charge in [0.1, 0.15) is 5.82 Å². The molecule has 0 N–H and O–H groups in total. The van der Waals surface area contributed by atoms with Crippen molar-refractivity contribution in [1.29, 1.82) is 0 Å². The summed E-state index contributed by atoms with van der Waals surface area (Å²) in [5.41, 5.74) is 1.87. The van der Waals surface area contributed by atoms with Crippen molar-refractivity contribution in [2.45, 2.75) is 53.4 Å². The molecule has 0 spiro atoms. The molecule has 1 unspecified atom stereocenters. The van der Waals surface area contributed by atoms with E-state index >= 15 is 0 Å². The number of carbonyl (C=O) groups excluding carboxylic acids is 1. The van der Waals surface area contributed by atoms with Gasteiger partial charge in [0, 0.05) is 11.5 Å². The molecule has 0 aromatic heterocycles. The first-order chi connectivity index (χ1) is 8.83. The summed E-state index contributed by atoms with van der Waals surface area (Å²) in [5, 5.41) is 0. The maximum Gasteiger partial charge on any atom is 0.166 e. The minimum Gasteiger partial charge on any atom is -0.294 e. The van der Waals surface area contributed by atoms with E-state index in [1.165, 1.54) is 6.42 Å². The monoisotopic (exact) mass is 262 g/mol. The van der Waals surface area contributed by atoms with E-state index in [1.807, 2.05) is 0 Å². The van der Waals surface area contributed by atoms with E-state index in [9.17, 15) is 9.18 Å². The number of rotatable bonds is 2. The van der Waals surface area contributed by atoms with Crippen LogP contribution in [0, 0.1) is 31.0 Å². The van der Waals surface area contributed by atoms with Crippen molar-refractivity contribution in [3.05, 3.63) is 34.6 Å². The minimum absolute atomic E-state index is 0.0610. The summed E-state index contributed by atoms with van der Waals surface area (Å²) in [6, 6.07) is 3.41. The predicted molar refractivity (Wildman–Crippen MR) is 75.9 cm³/mol. The lowest BCUT2D eigenvalue weighted by Crippen LogP contribution is -2.34. The molecule has 2 rings (SSSR count). The fourth-order valence-corrected chi connectivity index (χ4v) is 3.27. The van der Waals surface area contributed by atoms with Gasteiger partial charge in [0.05, 0.1) is 0 Å². The second-order valence-electron chi connectivity index (χ2n) is 6.58. The van der Waals surface area contributed by atoms with Crippen LogP contribution in [-0.2, 0) is 0 Å². The van der Waals surface area contributed by atoms with Crippen molar-refractivity contribution < 1.29 is 9.18 Å². The molecule has 0 amide bonds. The van der Waals surface area contributed by atoms with Crippen molar-refractivity contribution in [2.75, 3.05) is 0 Å². The molecule has 0 radical (unpaired) electrons. The Morgan fingerprint density at radius 3 is 2.32 bits per heavy atom. The van der Waals surface area contributed by atoms with Crippen LogP contribution in [0.3, 0.4) is 0 Å². The molecule has 0 aliphatic heterocycles. The molecular formula is C17H23FO. The Hall–Kier alpha value is -1.18. The van der Waals surface area contributed by atoms with E-state index in [0.717, 1.165) is 19.3 Å². The number of benzene rings is 1.